The van der Waals surface area contributed by atoms with Crippen molar-refractivity contribution < 1.29 is 10.0 Å². The Morgan fingerprint density at radius 1 is 1.00 bits per heavy atom. The molecule has 156 valence electrons. The summed E-state index contributed by atoms with van der Waals surface area (Å²) in [4.78, 5) is 16.4. The molecule has 0 saturated carbocycles. The van der Waals surface area contributed by atoms with Crippen molar-refractivity contribution in [2.45, 2.75) is 33.7 Å². The SMILES string of the molecule is C/N=C1\C(=C/C(C)(C)C)C(Cc2ccc(-c3ccc(CN)cc3)cc2)=CC(=O)N1O. The molecule has 30 heavy (non-hydrogen) atoms. The molecule has 1 amide bonds. The number of benzene rings is 2. The number of aliphatic imine (C=N–C) groups is 1. The number of nitrogens with two attached hydrogens (primary N) is 1. The maximum Gasteiger partial charge on any atom is 0.276 e. The van der Waals surface area contributed by atoms with E-state index < -0.39 is 5.91 Å². The Hall–Kier alpha value is -3.02. The maximum atomic E-state index is 12.2. The van der Waals surface area contributed by atoms with Crippen LogP contribution in [0.5, 0.6) is 0 Å². The molecule has 1 aliphatic rings. The van der Waals surface area contributed by atoms with Crippen LogP contribution in [0.1, 0.15) is 31.9 Å². The summed E-state index contributed by atoms with van der Waals surface area (Å²) in [5.41, 5.74) is 11.6. The molecule has 5 heteroatoms. The van der Waals surface area contributed by atoms with E-state index in [0.29, 0.717) is 18.0 Å². The number of amidine groups is 1. The van der Waals surface area contributed by atoms with Gasteiger partial charge >= 0.3 is 0 Å². The molecule has 0 aromatic heterocycles. The highest BCUT2D eigenvalue weighted by Gasteiger charge is 2.29. The topological polar surface area (TPSA) is 78.9 Å². The van der Waals surface area contributed by atoms with Crippen molar-refractivity contribution in [1.82, 2.24) is 5.06 Å². The van der Waals surface area contributed by atoms with Crippen LogP contribution in [0.25, 0.3) is 11.1 Å². The van der Waals surface area contributed by atoms with E-state index >= 15 is 0 Å². The van der Waals surface area contributed by atoms with Crippen molar-refractivity contribution in [3.63, 3.8) is 0 Å². The van der Waals surface area contributed by atoms with Crippen LogP contribution in [0.2, 0.25) is 0 Å². The highest BCUT2D eigenvalue weighted by Crippen LogP contribution is 2.29. The van der Waals surface area contributed by atoms with Gasteiger partial charge < -0.3 is 5.73 Å². The lowest BCUT2D eigenvalue weighted by Gasteiger charge is -2.27. The van der Waals surface area contributed by atoms with Crippen molar-refractivity contribution in [3.05, 3.63) is 83.0 Å². The molecule has 0 spiro atoms. The number of nitrogens with zero attached hydrogens (tertiary/aromatic N) is 2. The van der Waals surface area contributed by atoms with Crippen molar-refractivity contribution in [2.24, 2.45) is 16.1 Å². The second-order valence-electron chi connectivity index (χ2n) is 8.57. The van der Waals surface area contributed by atoms with Crippen molar-refractivity contribution >= 4 is 11.7 Å². The number of carbonyl (C=O) groups is 1. The largest absolute Gasteiger partial charge is 0.326 e. The second-order valence-corrected chi connectivity index (χ2v) is 8.57. The molecule has 0 aliphatic carbocycles. The monoisotopic (exact) mass is 403 g/mol. The number of rotatable bonds is 4. The summed E-state index contributed by atoms with van der Waals surface area (Å²) < 4.78 is 0. The first kappa shape index (κ1) is 21.7. The Labute approximate surface area is 178 Å². The number of hydrogen-bond acceptors (Lipinski definition) is 4. The Bertz CT molecular complexity index is 1010. The third-order valence-electron chi connectivity index (χ3n) is 4.95. The quantitative estimate of drug-likeness (QED) is 0.737. The van der Waals surface area contributed by atoms with E-state index in [1.807, 2.05) is 18.2 Å². The summed E-state index contributed by atoms with van der Waals surface area (Å²) in [7, 11) is 1.58. The average Bonchev–Trinajstić information content (AvgIpc) is 2.72. The predicted octanol–water partition coefficient (Wildman–Crippen LogP) is 4.51. The van der Waals surface area contributed by atoms with E-state index in [2.05, 4.69) is 62.2 Å². The van der Waals surface area contributed by atoms with Gasteiger partial charge in [-0.05, 0) is 39.7 Å². The lowest BCUT2D eigenvalue weighted by Crippen LogP contribution is -2.38. The average molecular weight is 404 g/mol. The van der Waals surface area contributed by atoms with E-state index in [1.54, 1.807) is 7.05 Å². The minimum Gasteiger partial charge on any atom is -0.326 e. The van der Waals surface area contributed by atoms with Crippen LogP contribution < -0.4 is 5.73 Å². The molecular formula is C25H29N3O2. The number of allylic oxidation sites excluding steroid dienone is 1. The predicted molar refractivity (Wildman–Crippen MR) is 121 cm³/mol. The van der Waals surface area contributed by atoms with Gasteiger partial charge in [0, 0.05) is 25.2 Å². The molecule has 0 fully saturated rings. The van der Waals surface area contributed by atoms with E-state index in [9.17, 15) is 10.0 Å². The molecule has 5 nitrogen and oxygen atoms in total. The summed E-state index contributed by atoms with van der Waals surface area (Å²) in [5, 5.41) is 10.8. The summed E-state index contributed by atoms with van der Waals surface area (Å²) >= 11 is 0. The molecule has 0 atom stereocenters. The Morgan fingerprint density at radius 3 is 2.00 bits per heavy atom. The Kier molecular flexibility index (Phi) is 6.34. The van der Waals surface area contributed by atoms with Crippen LogP contribution in [0.4, 0.5) is 0 Å². The fourth-order valence-corrected chi connectivity index (χ4v) is 3.47. The molecule has 2 aromatic carbocycles. The van der Waals surface area contributed by atoms with Gasteiger partial charge in [-0.25, -0.2) is 0 Å². The molecule has 3 rings (SSSR count). The number of carbonyl (C=O) groups excluding carboxylic acids is 1. The highest BCUT2D eigenvalue weighted by molar-refractivity contribution is 6.15. The van der Waals surface area contributed by atoms with Crippen LogP contribution in [0.3, 0.4) is 0 Å². The Balaban J connectivity index is 1.90. The first-order valence-electron chi connectivity index (χ1n) is 10.0. The van der Waals surface area contributed by atoms with Crippen LogP contribution in [0.15, 0.2) is 76.8 Å². The summed E-state index contributed by atoms with van der Waals surface area (Å²) in [6.07, 6.45) is 4.11. The summed E-state index contributed by atoms with van der Waals surface area (Å²) in [5.74, 6) is -0.197. The molecular weight excluding hydrogens is 374 g/mol. The fraction of sp³-hybridized carbons (Fsp3) is 0.280. The summed E-state index contributed by atoms with van der Waals surface area (Å²) in [6, 6.07) is 16.5. The lowest BCUT2D eigenvalue weighted by atomic mass is 9.86. The van der Waals surface area contributed by atoms with Crippen LogP contribution in [-0.4, -0.2) is 29.1 Å². The molecule has 3 N–H and O–H groups in total. The second kappa shape index (κ2) is 8.78. The van der Waals surface area contributed by atoms with Crippen molar-refractivity contribution in [3.8, 4) is 11.1 Å². The van der Waals surface area contributed by atoms with Gasteiger partial charge in [-0.2, -0.15) is 5.06 Å². The zero-order chi connectivity index (χ0) is 21.9. The van der Waals surface area contributed by atoms with Gasteiger partial charge in [0.1, 0.15) is 0 Å². The highest BCUT2D eigenvalue weighted by atomic mass is 16.5. The van der Waals surface area contributed by atoms with Crippen molar-refractivity contribution in [2.75, 3.05) is 7.05 Å². The van der Waals surface area contributed by atoms with Gasteiger partial charge in [-0.3, -0.25) is 15.0 Å². The Morgan fingerprint density at radius 2 is 1.53 bits per heavy atom. The first-order chi connectivity index (χ1) is 14.2. The first-order valence-corrected chi connectivity index (χ1v) is 10.0. The standard InChI is InChI=1S/C25H29N3O2/c1-25(2,3)15-22-21(14-23(29)28(30)24(22)27-4)13-17-5-9-19(10-6-17)20-11-7-18(16-26)8-12-20/h5-12,14-15,30H,13,16,26H2,1-4H3/b22-15-,27-24+. The third-order valence-corrected chi connectivity index (χ3v) is 4.95. The van der Waals surface area contributed by atoms with Gasteiger partial charge in [0.05, 0.1) is 0 Å². The van der Waals surface area contributed by atoms with Crippen LogP contribution >= 0.6 is 0 Å². The molecule has 0 saturated heterocycles. The van der Waals surface area contributed by atoms with Gasteiger partial charge in [-0.1, -0.05) is 75.4 Å². The molecule has 0 bridgehead atoms. The smallest absolute Gasteiger partial charge is 0.276 e. The molecule has 1 aliphatic heterocycles. The van der Waals surface area contributed by atoms with Crippen LogP contribution in [-0.2, 0) is 17.8 Å². The van der Waals surface area contributed by atoms with Gasteiger partial charge in [0.15, 0.2) is 5.84 Å². The normalized spacial score (nSPS) is 17.6. The van der Waals surface area contributed by atoms with E-state index in [-0.39, 0.29) is 11.3 Å². The minimum absolute atomic E-state index is 0.134. The lowest BCUT2D eigenvalue weighted by molar-refractivity contribution is -0.143. The zero-order valence-electron chi connectivity index (χ0n) is 18.0. The number of amides is 1. The molecule has 1 heterocycles. The molecule has 2 aromatic rings. The molecule has 0 radical (unpaired) electrons. The van der Waals surface area contributed by atoms with Gasteiger partial charge in [-0.15, -0.1) is 0 Å². The van der Waals surface area contributed by atoms with Gasteiger partial charge in [0.25, 0.3) is 5.91 Å². The third kappa shape index (κ3) is 4.93. The summed E-state index contributed by atoms with van der Waals surface area (Å²) in [6.45, 7) is 6.76. The fourth-order valence-electron chi connectivity index (χ4n) is 3.47. The minimum atomic E-state index is -0.478. The number of hydrogen-bond donors (Lipinski definition) is 2. The zero-order valence-corrected chi connectivity index (χ0v) is 18.0. The van der Waals surface area contributed by atoms with E-state index in [4.69, 9.17) is 5.73 Å². The van der Waals surface area contributed by atoms with Crippen LogP contribution in [0, 0.1) is 5.41 Å². The van der Waals surface area contributed by atoms with Crippen molar-refractivity contribution in [1.29, 1.82) is 0 Å². The van der Waals surface area contributed by atoms with E-state index in [1.165, 1.54) is 6.08 Å². The maximum absolute atomic E-state index is 12.2. The molecule has 0 unspecified atom stereocenters. The number of hydroxylamine groups is 2. The van der Waals surface area contributed by atoms with Gasteiger partial charge in [0.2, 0.25) is 0 Å². The van der Waals surface area contributed by atoms with E-state index in [0.717, 1.165) is 33.4 Å².